The molecule has 7 heteroatoms. The number of thiazole rings is 1. The minimum Gasteiger partial charge on any atom is -0.497 e. The average Bonchev–Trinajstić information content (AvgIpc) is 3.15. The predicted molar refractivity (Wildman–Crippen MR) is 119 cm³/mol. The van der Waals surface area contributed by atoms with Crippen molar-refractivity contribution < 1.29 is 13.9 Å². The van der Waals surface area contributed by atoms with E-state index in [4.69, 9.17) is 16.3 Å². The van der Waals surface area contributed by atoms with Crippen molar-refractivity contribution in [3.05, 3.63) is 88.7 Å². The molecule has 1 heterocycles. The minimum atomic E-state index is -0.535. The SMILES string of the molecule is COc1ccc2nc(NC(CC(=O)c3ccccc3F)c3ccccc3Cl)sc2c1. The van der Waals surface area contributed by atoms with E-state index in [1.807, 2.05) is 36.4 Å². The van der Waals surface area contributed by atoms with Gasteiger partial charge in [-0.25, -0.2) is 9.37 Å². The summed E-state index contributed by atoms with van der Waals surface area (Å²) < 4.78 is 20.3. The first-order valence-electron chi connectivity index (χ1n) is 9.28. The lowest BCUT2D eigenvalue weighted by Crippen LogP contribution is -2.17. The highest BCUT2D eigenvalue weighted by Gasteiger charge is 2.22. The van der Waals surface area contributed by atoms with Gasteiger partial charge in [0, 0.05) is 11.4 Å². The molecule has 0 fully saturated rings. The Hall–Kier alpha value is -2.96. The number of carbonyl (C=O) groups is 1. The number of carbonyl (C=O) groups excluding carboxylic acids is 1. The van der Waals surface area contributed by atoms with Crippen molar-refractivity contribution in [2.24, 2.45) is 0 Å². The Morgan fingerprint density at radius 3 is 2.70 bits per heavy atom. The molecule has 4 rings (SSSR count). The summed E-state index contributed by atoms with van der Waals surface area (Å²) in [5, 5.41) is 4.49. The first-order valence-corrected chi connectivity index (χ1v) is 10.5. The Morgan fingerprint density at radius 1 is 1.17 bits per heavy atom. The molecule has 1 atom stereocenters. The number of benzene rings is 3. The normalized spacial score (nSPS) is 12.0. The van der Waals surface area contributed by atoms with E-state index in [9.17, 15) is 9.18 Å². The number of rotatable bonds is 7. The molecule has 0 aliphatic rings. The van der Waals surface area contributed by atoms with E-state index in [0.717, 1.165) is 21.5 Å². The van der Waals surface area contributed by atoms with Crippen molar-refractivity contribution in [2.45, 2.75) is 12.5 Å². The summed E-state index contributed by atoms with van der Waals surface area (Å²) in [5.41, 5.74) is 1.63. The zero-order valence-electron chi connectivity index (χ0n) is 16.1. The number of ketones is 1. The number of ether oxygens (including phenoxy) is 1. The molecule has 4 aromatic rings. The lowest BCUT2D eigenvalue weighted by Gasteiger charge is -2.19. The molecule has 0 aliphatic heterocycles. The average molecular weight is 441 g/mol. The second-order valence-electron chi connectivity index (χ2n) is 6.68. The Morgan fingerprint density at radius 2 is 1.93 bits per heavy atom. The van der Waals surface area contributed by atoms with Gasteiger partial charge in [0.2, 0.25) is 0 Å². The highest BCUT2D eigenvalue weighted by Crippen LogP contribution is 2.34. The zero-order valence-corrected chi connectivity index (χ0v) is 17.6. The fourth-order valence-corrected chi connectivity index (χ4v) is 4.44. The van der Waals surface area contributed by atoms with Crippen molar-refractivity contribution in [1.29, 1.82) is 0 Å². The van der Waals surface area contributed by atoms with Crippen LogP contribution in [0.25, 0.3) is 10.2 Å². The number of fused-ring (bicyclic) bond motifs is 1. The monoisotopic (exact) mass is 440 g/mol. The fraction of sp³-hybridized carbons (Fsp3) is 0.130. The van der Waals surface area contributed by atoms with Gasteiger partial charge in [-0.2, -0.15) is 0 Å². The van der Waals surface area contributed by atoms with E-state index < -0.39 is 11.9 Å². The lowest BCUT2D eigenvalue weighted by atomic mass is 9.97. The van der Waals surface area contributed by atoms with E-state index in [-0.39, 0.29) is 17.8 Å². The summed E-state index contributed by atoms with van der Waals surface area (Å²) >= 11 is 7.86. The number of nitrogens with one attached hydrogen (secondary N) is 1. The fourth-order valence-electron chi connectivity index (χ4n) is 3.22. The molecule has 0 radical (unpaired) electrons. The maximum absolute atomic E-state index is 14.1. The topological polar surface area (TPSA) is 51.2 Å². The Balaban J connectivity index is 1.66. The molecule has 0 aliphatic carbocycles. The van der Waals surface area contributed by atoms with Crippen LogP contribution in [0.5, 0.6) is 5.75 Å². The van der Waals surface area contributed by atoms with Crippen LogP contribution in [-0.4, -0.2) is 17.9 Å². The van der Waals surface area contributed by atoms with Gasteiger partial charge in [0.05, 0.1) is 28.9 Å². The van der Waals surface area contributed by atoms with E-state index in [1.54, 1.807) is 25.3 Å². The summed E-state index contributed by atoms with van der Waals surface area (Å²) in [6.45, 7) is 0. The summed E-state index contributed by atoms with van der Waals surface area (Å²) in [5.74, 6) is -0.101. The second-order valence-corrected chi connectivity index (χ2v) is 8.12. The standard InChI is InChI=1S/C23H18ClFN2O2S/c1-29-14-10-11-19-22(12-14)30-23(26-19)27-20(15-6-2-4-8-17(15)24)13-21(28)16-7-3-5-9-18(16)25/h2-12,20H,13H2,1H3,(H,26,27). The molecule has 4 nitrogen and oxygen atoms in total. The number of anilines is 1. The Kier molecular flexibility index (Phi) is 5.97. The minimum absolute atomic E-state index is 0.0317. The van der Waals surface area contributed by atoms with Gasteiger partial charge >= 0.3 is 0 Å². The van der Waals surface area contributed by atoms with Gasteiger partial charge in [-0.3, -0.25) is 4.79 Å². The van der Waals surface area contributed by atoms with Crippen LogP contribution in [0.3, 0.4) is 0 Å². The molecule has 1 N–H and O–H groups in total. The van der Waals surface area contributed by atoms with Crippen LogP contribution >= 0.6 is 22.9 Å². The number of methoxy groups -OCH3 is 1. The molecule has 0 saturated carbocycles. The van der Waals surface area contributed by atoms with Gasteiger partial charge in [-0.05, 0) is 42.0 Å². The molecule has 0 amide bonds. The number of aromatic nitrogens is 1. The van der Waals surface area contributed by atoms with Gasteiger partial charge in [-0.1, -0.05) is 53.3 Å². The second kappa shape index (κ2) is 8.81. The van der Waals surface area contributed by atoms with Crippen molar-refractivity contribution >= 4 is 44.1 Å². The van der Waals surface area contributed by atoms with E-state index in [1.165, 1.54) is 23.5 Å². The third-order valence-corrected chi connectivity index (χ3v) is 6.03. The summed E-state index contributed by atoms with van der Waals surface area (Å²) in [7, 11) is 1.61. The van der Waals surface area contributed by atoms with Crippen LogP contribution < -0.4 is 10.1 Å². The van der Waals surface area contributed by atoms with Gasteiger partial charge in [0.15, 0.2) is 10.9 Å². The Labute approximate surface area is 182 Å². The maximum atomic E-state index is 14.1. The smallest absolute Gasteiger partial charge is 0.184 e. The molecule has 0 spiro atoms. The maximum Gasteiger partial charge on any atom is 0.184 e. The highest BCUT2D eigenvalue weighted by molar-refractivity contribution is 7.22. The molecule has 1 aromatic heterocycles. The molecule has 0 bridgehead atoms. The van der Waals surface area contributed by atoms with Crippen molar-refractivity contribution in [3.8, 4) is 5.75 Å². The van der Waals surface area contributed by atoms with Gasteiger partial charge in [0.25, 0.3) is 0 Å². The number of halogens is 2. The predicted octanol–water partition coefficient (Wildman–Crippen LogP) is 6.52. The van der Waals surface area contributed by atoms with Crippen molar-refractivity contribution in [2.75, 3.05) is 12.4 Å². The molecule has 30 heavy (non-hydrogen) atoms. The van der Waals surface area contributed by atoms with Crippen LogP contribution in [0.2, 0.25) is 5.02 Å². The van der Waals surface area contributed by atoms with Crippen LogP contribution in [-0.2, 0) is 0 Å². The third-order valence-electron chi connectivity index (χ3n) is 4.74. The Bertz CT molecular complexity index is 1210. The molecular weight excluding hydrogens is 423 g/mol. The van der Waals surface area contributed by atoms with E-state index in [2.05, 4.69) is 10.3 Å². The van der Waals surface area contributed by atoms with E-state index in [0.29, 0.717) is 10.2 Å². The lowest BCUT2D eigenvalue weighted by molar-refractivity contribution is 0.0972. The number of hydrogen-bond donors (Lipinski definition) is 1. The summed E-state index contributed by atoms with van der Waals surface area (Å²) in [6, 6.07) is 18.5. The number of Topliss-reactive ketones (excluding diaryl/α,β-unsaturated/α-hetero) is 1. The number of nitrogens with zero attached hydrogens (tertiary/aromatic N) is 1. The summed E-state index contributed by atoms with van der Waals surface area (Å²) in [6.07, 6.45) is 0.0317. The molecule has 152 valence electrons. The van der Waals surface area contributed by atoms with E-state index >= 15 is 0 Å². The van der Waals surface area contributed by atoms with Gasteiger partial charge < -0.3 is 10.1 Å². The van der Waals surface area contributed by atoms with Gasteiger partial charge in [0.1, 0.15) is 11.6 Å². The first kappa shape index (κ1) is 20.3. The zero-order chi connectivity index (χ0) is 21.1. The highest BCUT2D eigenvalue weighted by atomic mass is 35.5. The van der Waals surface area contributed by atoms with Crippen LogP contribution in [0.15, 0.2) is 66.7 Å². The molecule has 3 aromatic carbocycles. The quantitative estimate of drug-likeness (QED) is 0.332. The van der Waals surface area contributed by atoms with Crippen LogP contribution in [0.1, 0.15) is 28.4 Å². The summed E-state index contributed by atoms with van der Waals surface area (Å²) in [4.78, 5) is 17.5. The molecule has 1 unspecified atom stereocenters. The van der Waals surface area contributed by atoms with Crippen molar-refractivity contribution in [1.82, 2.24) is 4.98 Å². The third kappa shape index (κ3) is 4.30. The van der Waals surface area contributed by atoms with Gasteiger partial charge in [-0.15, -0.1) is 0 Å². The van der Waals surface area contributed by atoms with Crippen LogP contribution in [0.4, 0.5) is 9.52 Å². The largest absolute Gasteiger partial charge is 0.497 e. The first-order chi connectivity index (χ1) is 14.5. The molecular formula is C23H18ClFN2O2S. The number of hydrogen-bond acceptors (Lipinski definition) is 5. The van der Waals surface area contributed by atoms with Crippen LogP contribution in [0, 0.1) is 5.82 Å². The molecule has 0 saturated heterocycles. The van der Waals surface area contributed by atoms with Crippen molar-refractivity contribution in [3.63, 3.8) is 0 Å².